The number of rotatable bonds is 11. The number of nitrogens with one attached hydrogen (secondary N) is 3. The van der Waals surface area contributed by atoms with Crippen LogP contribution in [0.15, 0.2) is 65.4 Å². The Bertz CT molecular complexity index is 1160. The van der Waals surface area contributed by atoms with E-state index in [1.54, 1.807) is 12.1 Å². The molecule has 0 aliphatic rings. The van der Waals surface area contributed by atoms with Crippen LogP contribution in [0.25, 0.3) is 10.9 Å². The molecule has 1 aromatic heterocycles. The van der Waals surface area contributed by atoms with Gasteiger partial charge in [-0.1, -0.05) is 35.8 Å². The van der Waals surface area contributed by atoms with Crippen molar-refractivity contribution in [1.29, 1.82) is 0 Å². The largest absolute Gasteiger partial charge is 0.353 e. The molecule has 2 amide bonds. The van der Waals surface area contributed by atoms with E-state index in [-0.39, 0.29) is 5.91 Å². The number of halogens is 1. The summed E-state index contributed by atoms with van der Waals surface area (Å²) >= 11 is 3.46. The third kappa shape index (κ3) is 7.64. The van der Waals surface area contributed by atoms with Crippen LogP contribution in [0.4, 0.5) is 17.2 Å². The molecule has 3 rings (SSSR count). The van der Waals surface area contributed by atoms with Crippen LogP contribution in [0.5, 0.6) is 0 Å². The molecule has 0 spiro atoms. The molecule has 0 fully saturated rings. The van der Waals surface area contributed by atoms with E-state index in [2.05, 4.69) is 60.6 Å². The molecule has 0 atom stereocenters. The van der Waals surface area contributed by atoms with Gasteiger partial charge in [-0.15, -0.1) is 0 Å². The molecular weight excluding hydrogens is 496 g/mol. The molecule has 0 saturated carbocycles. The number of hydrogen-bond acceptors (Lipinski definition) is 6. The number of nitrogens with zero attached hydrogens (tertiary/aromatic N) is 3. The summed E-state index contributed by atoms with van der Waals surface area (Å²) in [5.74, 6) is -0.0584. The van der Waals surface area contributed by atoms with Crippen LogP contribution in [0, 0.1) is 0 Å². The van der Waals surface area contributed by atoms with Gasteiger partial charge >= 0.3 is 0 Å². The Labute approximate surface area is 208 Å². The number of hydrogen-bond donors (Lipinski definition) is 3. The minimum atomic E-state index is -0.393. The average molecular weight is 525 g/mol. The topological polar surface area (TPSA) is 99.3 Å². The van der Waals surface area contributed by atoms with Crippen LogP contribution >= 0.6 is 15.9 Å². The monoisotopic (exact) mass is 524 g/mol. The number of carbonyl (C=O) groups is 2. The normalized spacial score (nSPS) is 11.2. The molecule has 0 aliphatic heterocycles. The van der Waals surface area contributed by atoms with Gasteiger partial charge in [-0.2, -0.15) is 0 Å². The molecule has 0 bridgehead atoms. The quantitative estimate of drug-likeness (QED) is 0.252. The van der Waals surface area contributed by atoms with E-state index >= 15 is 0 Å². The number of aromatic nitrogens is 2. The third-order valence-electron chi connectivity index (χ3n) is 5.22. The molecule has 34 heavy (non-hydrogen) atoms. The van der Waals surface area contributed by atoms with Crippen LogP contribution < -0.4 is 16.0 Å². The zero-order valence-electron chi connectivity index (χ0n) is 19.3. The lowest BCUT2D eigenvalue weighted by Crippen LogP contribution is -2.29. The van der Waals surface area contributed by atoms with E-state index in [0.29, 0.717) is 18.1 Å². The maximum absolute atomic E-state index is 12.3. The fourth-order valence-electron chi connectivity index (χ4n) is 3.39. The first-order chi connectivity index (χ1) is 16.5. The minimum Gasteiger partial charge on any atom is -0.353 e. The predicted octanol–water partition coefficient (Wildman–Crippen LogP) is 4.48. The van der Waals surface area contributed by atoms with Crippen LogP contribution in [-0.2, 0) is 9.59 Å². The van der Waals surface area contributed by atoms with E-state index in [1.165, 1.54) is 18.5 Å². The molecule has 0 unspecified atom stereocenters. The predicted molar refractivity (Wildman–Crippen MR) is 140 cm³/mol. The zero-order chi connectivity index (χ0) is 24.3. The van der Waals surface area contributed by atoms with Gasteiger partial charge in [0.15, 0.2) is 0 Å². The van der Waals surface area contributed by atoms with Gasteiger partial charge in [0, 0.05) is 39.9 Å². The van der Waals surface area contributed by atoms with Gasteiger partial charge in [0.25, 0.3) is 0 Å². The summed E-state index contributed by atoms with van der Waals surface area (Å²) in [4.78, 5) is 35.2. The molecule has 1 heterocycles. The second-order valence-electron chi connectivity index (χ2n) is 7.58. The average Bonchev–Trinajstić information content (AvgIpc) is 2.83. The zero-order valence-corrected chi connectivity index (χ0v) is 20.9. The molecule has 178 valence electrons. The van der Waals surface area contributed by atoms with E-state index in [4.69, 9.17) is 0 Å². The lowest BCUT2D eigenvalue weighted by atomic mass is 10.2. The first-order valence-corrected chi connectivity index (χ1v) is 12.0. The maximum atomic E-state index is 12.3. The molecule has 3 aromatic rings. The van der Waals surface area contributed by atoms with Crippen LogP contribution in [0.2, 0.25) is 0 Å². The number of fused-ring (bicyclic) bond motifs is 1. The molecule has 3 N–H and O–H groups in total. The van der Waals surface area contributed by atoms with Crippen molar-refractivity contribution in [2.45, 2.75) is 20.3 Å². The van der Waals surface area contributed by atoms with Crippen molar-refractivity contribution in [3.8, 4) is 0 Å². The Balaban J connectivity index is 1.59. The maximum Gasteiger partial charge on any atom is 0.248 e. The van der Waals surface area contributed by atoms with Crippen LogP contribution in [-0.4, -0.2) is 52.9 Å². The Morgan fingerprint density at radius 1 is 1.00 bits per heavy atom. The standard InChI is InChI=1S/C25H29BrN6O2/c1-3-32(4-2)14-6-13-27-23(33)11-12-24(34)30-20-9-10-22-21(16-20)25(29-17-28-22)31-19-8-5-7-18(26)15-19/h5,7-12,15-17H,3-4,6,13-14H2,1-2H3,(H,27,33)(H,30,34)(H,28,29,31)/b12-11+. The second-order valence-corrected chi connectivity index (χ2v) is 8.50. The van der Waals surface area contributed by atoms with Crippen molar-refractivity contribution in [2.75, 3.05) is 36.8 Å². The van der Waals surface area contributed by atoms with Gasteiger partial charge in [-0.3, -0.25) is 9.59 Å². The highest BCUT2D eigenvalue weighted by molar-refractivity contribution is 9.10. The summed E-state index contributed by atoms with van der Waals surface area (Å²) in [5.41, 5.74) is 2.19. The van der Waals surface area contributed by atoms with Crippen molar-refractivity contribution < 1.29 is 9.59 Å². The highest BCUT2D eigenvalue weighted by Gasteiger charge is 2.08. The Kier molecular flexibility index (Phi) is 9.54. The van der Waals surface area contributed by atoms with Crippen molar-refractivity contribution in [3.05, 3.63) is 65.4 Å². The molecule has 0 saturated heterocycles. The van der Waals surface area contributed by atoms with Gasteiger partial charge in [-0.25, -0.2) is 9.97 Å². The smallest absolute Gasteiger partial charge is 0.248 e. The number of carbonyl (C=O) groups excluding carboxylic acids is 2. The Morgan fingerprint density at radius 3 is 2.56 bits per heavy atom. The number of benzene rings is 2. The first kappa shape index (κ1) is 25.3. The first-order valence-electron chi connectivity index (χ1n) is 11.2. The minimum absolute atomic E-state index is 0.290. The van der Waals surface area contributed by atoms with E-state index in [1.807, 2.05) is 30.3 Å². The summed E-state index contributed by atoms with van der Waals surface area (Å²) in [7, 11) is 0. The highest BCUT2D eigenvalue weighted by atomic mass is 79.9. The molecule has 0 aliphatic carbocycles. The Morgan fingerprint density at radius 2 is 1.79 bits per heavy atom. The third-order valence-corrected chi connectivity index (χ3v) is 5.71. The SMILES string of the molecule is CCN(CC)CCCNC(=O)/C=C/C(=O)Nc1ccc2ncnc(Nc3cccc(Br)c3)c2c1. The van der Waals surface area contributed by atoms with Gasteiger partial charge in [0.1, 0.15) is 12.1 Å². The van der Waals surface area contributed by atoms with Crippen LogP contribution in [0.1, 0.15) is 20.3 Å². The fraction of sp³-hybridized carbons (Fsp3) is 0.280. The summed E-state index contributed by atoms with van der Waals surface area (Å²) in [6, 6.07) is 13.1. The van der Waals surface area contributed by atoms with Gasteiger partial charge < -0.3 is 20.9 Å². The highest BCUT2D eigenvalue weighted by Crippen LogP contribution is 2.26. The molecule has 9 heteroatoms. The van der Waals surface area contributed by atoms with Crippen molar-refractivity contribution >= 4 is 55.8 Å². The number of amides is 2. The fourth-order valence-corrected chi connectivity index (χ4v) is 3.78. The summed E-state index contributed by atoms with van der Waals surface area (Å²) < 4.78 is 0.948. The van der Waals surface area contributed by atoms with E-state index < -0.39 is 5.91 Å². The van der Waals surface area contributed by atoms with Gasteiger partial charge in [0.05, 0.1) is 5.52 Å². The van der Waals surface area contributed by atoms with Crippen molar-refractivity contribution in [3.63, 3.8) is 0 Å². The molecule has 8 nitrogen and oxygen atoms in total. The lowest BCUT2D eigenvalue weighted by Gasteiger charge is -2.17. The second kappa shape index (κ2) is 12.8. The lowest BCUT2D eigenvalue weighted by molar-refractivity contribution is -0.117. The molecular formula is C25H29BrN6O2. The molecule has 2 aromatic carbocycles. The van der Waals surface area contributed by atoms with Crippen LogP contribution in [0.3, 0.4) is 0 Å². The van der Waals surface area contributed by atoms with E-state index in [9.17, 15) is 9.59 Å². The van der Waals surface area contributed by atoms with Gasteiger partial charge in [-0.05, 0) is 62.5 Å². The van der Waals surface area contributed by atoms with Crippen molar-refractivity contribution in [1.82, 2.24) is 20.2 Å². The summed E-state index contributed by atoms with van der Waals surface area (Å²) in [6.45, 7) is 7.72. The summed E-state index contributed by atoms with van der Waals surface area (Å²) in [5, 5.41) is 9.63. The van der Waals surface area contributed by atoms with E-state index in [0.717, 1.165) is 47.1 Å². The van der Waals surface area contributed by atoms with Crippen molar-refractivity contribution in [2.24, 2.45) is 0 Å². The summed E-state index contributed by atoms with van der Waals surface area (Å²) in [6.07, 6.45) is 4.83. The Hall–Kier alpha value is -3.30. The number of anilines is 3. The molecule has 0 radical (unpaired) electrons. The van der Waals surface area contributed by atoms with Gasteiger partial charge in [0.2, 0.25) is 11.8 Å².